The summed E-state index contributed by atoms with van der Waals surface area (Å²) in [4.78, 5) is 19.2. The van der Waals surface area contributed by atoms with Gasteiger partial charge in [-0.05, 0) is 66.6 Å². The normalized spacial score (nSPS) is 12.3. The number of rotatable bonds is 5. The van der Waals surface area contributed by atoms with Crippen LogP contribution in [0.1, 0.15) is 26.4 Å². The Labute approximate surface area is 218 Å². The van der Waals surface area contributed by atoms with E-state index in [4.69, 9.17) is 14.5 Å². The monoisotopic (exact) mass is 562 g/mol. The van der Waals surface area contributed by atoms with Crippen molar-refractivity contribution in [2.45, 2.75) is 13.3 Å². The number of ether oxygens (including phenoxy) is 2. The number of nitrogens with one attached hydrogen (secondary N) is 1. The molecule has 5 aromatic rings. The average molecular weight is 563 g/mol. The average Bonchev–Trinajstić information content (AvgIpc) is 3.56. The van der Waals surface area contributed by atoms with E-state index in [0.29, 0.717) is 5.56 Å². The Morgan fingerprint density at radius 1 is 1.03 bits per heavy atom. The zero-order valence-corrected chi connectivity index (χ0v) is 21.9. The molecule has 0 atom stereocenters. The topological polar surface area (TPSA) is 60.5 Å². The highest BCUT2D eigenvalue weighted by atomic mass is 79.9. The van der Waals surface area contributed by atoms with Crippen LogP contribution in [0.4, 0.5) is 5.00 Å². The smallest absolute Gasteiger partial charge is 0.256 e. The van der Waals surface area contributed by atoms with Crippen LogP contribution in [0.5, 0.6) is 11.5 Å². The molecule has 0 saturated carbocycles. The van der Waals surface area contributed by atoms with E-state index in [2.05, 4.69) is 40.3 Å². The van der Waals surface area contributed by atoms with Gasteiger partial charge in [0, 0.05) is 26.9 Å². The third-order valence-corrected chi connectivity index (χ3v) is 8.68. The van der Waals surface area contributed by atoms with Gasteiger partial charge >= 0.3 is 0 Å². The highest BCUT2D eigenvalue weighted by Crippen LogP contribution is 2.44. The molecule has 0 radical (unpaired) electrons. The zero-order chi connectivity index (χ0) is 23.9. The van der Waals surface area contributed by atoms with Crippen molar-refractivity contribution in [1.29, 1.82) is 0 Å². The first-order chi connectivity index (χ1) is 17.0. The van der Waals surface area contributed by atoms with Gasteiger partial charge in [0.1, 0.15) is 10.0 Å². The third-order valence-electron chi connectivity index (χ3n) is 5.89. The number of fused-ring (bicyclic) bond motifs is 2. The summed E-state index contributed by atoms with van der Waals surface area (Å²) in [6.45, 7) is 2.36. The number of hydrogen-bond acceptors (Lipinski definition) is 6. The van der Waals surface area contributed by atoms with Crippen molar-refractivity contribution in [2.75, 3.05) is 12.1 Å². The number of carbonyl (C=O) groups excluding carboxylic acids is 1. The zero-order valence-electron chi connectivity index (χ0n) is 18.6. The van der Waals surface area contributed by atoms with Gasteiger partial charge in [0.15, 0.2) is 11.5 Å². The quantitative estimate of drug-likeness (QED) is 0.239. The molecular formula is C27H19BrN2O3S2. The van der Waals surface area contributed by atoms with Gasteiger partial charge in [-0.1, -0.05) is 34.1 Å². The molecule has 0 aliphatic carbocycles. The number of carbonyl (C=O) groups is 1. The van der Waals surface area contributed by atoms with Crippen molar-refractivity contribution in [1.82, 2.24) is 4.98 Å². The van der Waals surface area contributed by atoms with Gasteiger partial charge in [-0.2, -0.15) is 0 Å². The fraction of sp³-hybridized carbons (Fsp3) is 0.111. The van der Waals surface area contributed by atoms with Crippen molar-refractivity contribution < 1.29 is 14.3 Å². The fourth-order valence-corrected chi connectivity index (χ4v) is 6.71. The summed E-state index contributed by atoms with van der Waals surface area (Å²) < 4.78 is 13.1. The molecule has 0 saturated heterocycles. The number of aromatic nitrogens is 1. The van der Waals surface area contributed by atoms with E-state index < -0.39 is 0 Å². The first-order valence-corrected chi connectivity index (χ1v) is 13.4. The molecule has 1 N–H and O–H groups in total. The Morgan fingerprint density at radius 3 is 2.66 bits per heavy atom. The van der Waals surface area contributed by atoms with Crippen molar-refractivity contribution in [3.8, 4) is 22.1 Å². The molecule has 0 fully saturated rings. The highest BCUT2D eigenvalue weighted by Gasteiger charge is 2.23. The Balaban J connectivity index is 1.40. The van der Waals surface area contributed by atoms with Gasteiger partial charge in [0.2, 0.25) is 6.79 Å². The molecule has 1 aliphatic rings. The fourth-order valence-electron chi connectivity index (χ4n) is 4.07. The molecule has 0 unspecified atom stereocenters. The molecule has 5 nitrogen and oxygen atoms in total. The van der Waals surface area contributed by atoms with E-state index in [1.807, 2.05) is 54.6 Å². The number of para-hydroxylation sites is 1. The summed E-state index contributed by atoms with van der Waals surface area (Å²) in [7, 11) is 0. The van der Waals surface area contributed by atoms with Crippen LogP contribution in [0.25, 0.3) is 20.8 Å². The van der Waals surface area contributed by atoms with Crippen LogP contribution in [0.2, 0.25) is 0 Å². The van der Waals surface area contributed by atoms with Gasteiger partial charge in [-0.3, -0.25) is 4.79 Å². The maximum atomic E-state index is 13.1. The maximum Gasteiger partial charge on any atom is 0.256 e. The summed E-state index contributed by atoms with van der Waals surface area (Å²) in [6, 6.07) is 21.5. The lowest BCUT2D eigenvalue weighted by Crippen LogP contribution is -2.11. The summed E-state index contributed by atoms with van der Waals surface area (Å²) in [5.74, 6) is 1.40. The van der Waals surface area contributed by atoms with E-state index in [1.54, 1.807) is 22.7 Å². The Kier molecular flexibility index (Phi) is 5.80. The highest BCUT2D eigenvalue weighted by molar-refractivity contribution is 9.10. The number of thiazole rings is 1. The van der Waals surface area contributed by atoms with Crippen LogP contribution < -0.4 is 14.8 Å². The molecule has 3 heterocycles. The van der Waals surface area contributed by atoms with Gasteiger partial charge in [0.25, 0.3) is 5.91 Å². The first-order valence-electron chi connectivity index (χ1n) is 11.0. The molecule has 174 valence electrons. The molecule has 0 spiro atoms. The minimum Gasteiger partial charge on any atom is -0.454 e. The summed E-state index contributed by atoms with van der Waals surface area (Å²) in [6.07, 6.45) is 0.721. The summed E-state index contributed by atoms with van der Waals surface area (Å²) in [5.41, 5.74) is 4.79. The minimum absolute atomic E-state index is 0.143. The van der Waals surface area contributed by atoms with Crippen molar-refractivity contribution in [3.05, 3.63) is 92.8 Å². The van der Waals surface area contributed by atoms with E-state index in [1.165, 1.54) is 4.88 Å². The number of anilines is 1. The van der Waals surface area contributed by atoms with Crippen LogP contribution in [-0.4, -0.2) is 17.7 Å². The lowest BCUT2D eigenvalue weighted by Gasteiger charge is -2.06. The molecular weight excluding hydrogens is 544 g/mol. The molecule has 35 heavy (non-hydrogen) atoms. The first kappa shape index (κ1) is 22.3. The lowest BCUT2D eigenvalue weighted by atomic mass is 10.1. The van der Waals surface area contributed by atoms with Gasteiger partial charge in [0.05, 0.1) is 10.2 Å². The molecule has 0 bridgehead atoms. The van der Waals surface area contributed by atoms with Crippen LogP contribution >= 0.6 is 38.6 Å². The van der Waals surface area contributed by atoms with Crippen LogP contribution in [0.15, 0.2) is 71.2 Å². The number of hydrogen-bond donors (Lipinski definition) is 1. The van der Waals surface area contributed by atoms with E-state index >= 15 is 0 Å². The molecule has 3 aromatic carbocycles. The van der Waals surface area contributed by atoms with Crippen molar-refractivity contribution in [3.63, 3.8) is 0 Å². The Hall–Kier alpha value is -3.20. The standard InChI is InChI=1S/C27H19BrN2O3S2/c1-15-23(13-16-6-11-20-21(12-16)33-14-32-20)35-27(30-25(31)17-7-9-18(28)10-8-17)24(15)26-29-19-4-2-3-5-22(19)34-26/h2-12H,13-14H2,1H3,(H,30,31). The second kappa shape index (κ2) is 9.11. The lowest BCUT2D eigenvalue weighted by molar-refractivity contribution is 0.102. The van der Waals surface area contributed by atoms with Gasteiger partial charge < -0.3 is 14.8 Å². The number of thiophene rings is 1. The third kappa shape index (κ3) is 4.33. The molecule has 2 aromatic heterocycles. The van der Waals surface area contributed by atoms with E-state index in [9.17, 15) is 4.79 Å². The van der Waals surface area contributed by atoms with E-state index in [-0.39, 0.29) is 12.7 Å². The van der Waals surface area contributed by atoms with Crippen LogP contribution in [-0.2, 0) is 6.42 Å². The second-order valence-corrected chi connectivity index (χ2v) is 11.2. The van der Waals surface area contributed by atoms with Crippen molar-refractivity contribution in [2.24, 2.45) is 0 Å². The van der Waals surface area contributed by atoms with Crippen LogP contribution in [0.3, 0.4) is 0 Å². The predicted octanol–water partition coefficient (Wildman–Crippen LogP) is 7.67. The maximum absolute atomic E-state index is 13.1. The molecule has 6 rings (SSSR count). The largest absolute Gasteiger partial charge is 0.454 e. The van der Waals surface area contributed by atoms with Crippen molar-refractivity contribution >= 4 is 59.7 Å². The Morgan fingerprint density at radius 2 is 1.83 bits per heavy atom. The predicted molar refractivity (Wildman–Crippen MR) is 145 cm³/mol. The number of amides is 1. The Bertz CT molecular complexity index is 1540. The summed E-state index contributed by atoms with van der Waals surface area (Å²) in [5, 5.41) is 4.88. The van der Waals surface area contributed by atoms with Gasteiger partial charge in [-0.25, -0.2) is 4.98 Å². The van der Waals surface area contributed by atoms with Crippen LogP contribution in [0, 0.1) is 6.92 Å². The summed E-state index contributed by atoms with van der Waals surface area (Å²) >= 11 is 6.67. The molecule has 1 aliphatic heterocycles. The van der Waals surface area contributed by atoms with E-state index in [0.717, 1.165) is 59.3 Å². The number of halogens is 1. The number of benzene rings is 3. The second-order valence-electron chi connectivity index (χ2n) is 8.17. The minimum atomic E-state index is -0.143. The molecule has 1 amide bonds. The number of nitrogens with zero attached hydrogens (tertiary/aromatic N) is 1. The molecule has 8 heteroatoms. The SMILES string of the molecule is Cc1c(Cc2ccc3c(c2)OCO3)sc(NC(=O)c2ccc(Br)cc2)c1-c1nc2ccccc2s1. The van der Waals surface area contributed by atoms with Gasteiger partial charge in [-0.15, -0.1) is 22.7 Å².